The fraction of sp³-hybridized carbons (Fsp3) is 0.200. The lowest BCUT2D eigenvalue weighted by Gasteiger charge is -2.19. The van der Waals surface area contributed by atoms with E-state index >= 15 is 0 Å². The minimum absolute atomic E-state index is 0.0447. The van der Waals surface area contributed by atoms with Crippen molar-refractivity contribution in [2.45, 2.75) is 9.46 Å². The number of thiophene rings is 1. The average Bonchev–Trinajstić information content (AvgIpc) is 3.24. The van der Waals surface area contributed by atoms with Crippen LogP contribution in [-0.2, 0) is 9.84 Å². The van der Waals surface area contributed by atoms with Gasteiger partial charge in [-0.15, -0.1) is 11.3 Å². The van der Waals surface area contributed by atoms with Crippen molar-refractivity contribution in [1.29, 1.82) is 0 Å². The Bertz CT molecular complexity index is 1020. The molecule has 1 aromatic carbocycles. The highest BCUT2D eigenvalue weighted by atomic mass is 32.2. The molecule has 3 aromatic rings. The molecule has 0 aliphatic heterocycles. The largest absolute Gasteiger partial charge is 0.378 e. The number of amides is 1. The number of rotatable bonds is 7. The predicted molar refractivity (Wildman–Crippen MR) is 112 cm³/mol. The number of pyridine rings is 1. The fourth-order valence-corrected chi connectivity index (χ4v) is 5.60. The van der Waals surface area contributed by atoms with E-state index in [4.69, 9.17) is 0 Å². The quantitative estimate of drug-likeness (QED) is 0.641. The van der Waals surface area contributed by atoms with Crippen molar-refractivity contribution in [3.8, 4) is 0 Å². The van der Waals surface area contributed by atoms with Crippen LogP contribution in [0.25, 0.3) is 0 Å². The van der Waals surface area contributed by atoms with Crippen LogP contribution in [0.4, 0.5) is 5.69 Å². The van der Waals surface area contributed by atoms with Crippen LogP contribution in [0.5, 0.6) is 0 Å². The Hall–Kier alpha value is -2.71. The maximum Gasteiger partial charge on any atom is 0.269 e. The molecule has 0 aliphatic carbocycles. The van der Waals surface area contributed by atoms with E-state index < -0.39 is 21.0 Å². The first-order chi connectivity index (χ1) is 13.4. The van der Waals surface area contributed by atoms with Gasteiger partial charge < -0.3 is 10.2 Å². The molecule has 0 fully saturated rings. The van der Waals surface area contributed by atoms with Crippen molar-refractivity contribution in [2.24, 2.45) is 0 Å². The van der Waals surface area contributed by atoms with Gasteiger partial charge >= 0.3 is 0 Å². The van der Waals surface area contributed by atoms with E-state index in [1.54, 1.807) is 47.8 Å². The molecule has 1 N–H and O–H groups in total. The number of nitrogens with zero attached hydrogens (tertiary/aromatic N) is 2. The third-order valence-electron chi connectivity index (χ3n) is 4.28. The summed E-state index contributed by atoms with van der Waals surface area (Å²) in [6, 6.07) is 15.6. The van der Waals surface area contributed by atoms with Crippen molar-refractivity contribution in [3.05, 3.63) is 77.4 Å². The number of benzene rings is 1. The van der Waals surface area contributed by atoms with E-state index in [1.165, 1.54) is 17.5 Å². The summed E-state index contributed by atoms with van der Waals surface area (Å²) in [5, 5.41) is 3.55. The first kappa shape index (κ1) is 20.0. The van der Waals surface area contributed by atoms with Gasteiger partial charge in [-0.05, 0) is 41.3 Å². The molecule has 1 amide bonds. The third-order valence-corrected chi connectivity index (χ3v) is 7.81. The SMILES string of the molecule is CN(C)c1ccc([C@H](CNC(=O)c2ccccn2)S(=O)(=O)c2cccs2)cc1. The maximum absolute atomic E-state index is 13.2. The fourth-order valence-electron chi connectivity index (χ4n) is 2.73. The minimum Gasteiger partial charge on any atom is -0.378 e. The molecule has 0 spiro atoms. The molecule has 6 nitrogen and oxygen atoms in total. The first-order valence-corrected chi connectivity index (χ1v) is 11.1. The van der Waals surface area contributed by atoms with Crippen LogP contribution in [0.15, 0.2) is 70.4 Å². The Morgan fingerprint density at radius 3 is 2.43 bits per heavy atom. The van der Waals surface area contributed by atoms with Crippen LogP contribution < -0.4 is 10.2 Å². The third kappa shape index (κ3) is 4.40. The van der Waals surface area contributed by atoms with E-state index in [2.05, 4.69) is 10.3 Å². The van der Waals surface area contributed by atoms with Gasteiger partial charge in [0.1, 0.15) is 15.2 Å². The van der Waals surface area contributed by atoms with Crippen molar-refractivity contribution >= 4 is 32.8 Å². The van der Waals surface area contributed by atoms with Crippen LogP contribution >= 0.6 is 11.3 Å². The zero-order valence-electron chi connectivity index (χ0n) is 15.6. The highest BCUT2D eigenvalue weighted by molar-refractivity contribution is 7.93. The topological polar surface area (TPSA) is 79.4 Å². The highest BCUT2D eigenvalue weighted by Crippen LogP contribution is 2.32. The van der Waals surface area contributed by atoms with Gasteiger partial charge in [0, 0.05) is 32.5 Å². The first-order valence-electron chi connectivity index (χ1n) is 8.63. The van der Waals surface area contributed by atoms with Gasteiger partial charge in [0.2, 0.25) is 0 Å². The summed E-state index contributed by atoms with van der Waals surface area (Å²) in [5.41, 5.74) is 1.84. The summed E-state index contributed by atoms with van der Waals surface area (Å²) < 4.78 is 26.7. The second kappa shape index (κ2) is 8.53. The van der Waals surface area contributed by atoms with Crippen LogP contribution in [0.3, 0.4) is 0 Å². The van der Waals surface area contributed by atoms with Gasteiger partial charge in [-0.3, -0.25) is 9.78 Å². The zero-order valence-corrected chi connectivity index (χ0v) is 17.2. The summed E-state index contributed by atoms with van der Waals surface area (Å²) in [4.78, 5) is 18.3. The van der Waals surface area contributed by atoms with Crippen molar-refractivity contribution < 1.29 is 13.2 Å². The molecule has 2 heterocycles. The molecule has 0 saturated heterocycles. The van der Waals surface area contributed by atoms with E-state index in [0.717, 1.165) is 5.69 Å². The molecular formula is C20H21N3O3S2. The lowest BCUT2D eigenvalue weighted by molar-refractivity contribution is 0.0948. The van der Waals surface area contributed by atoms with E-state index in [1.807, 2.05) is 31.1 Å². The molecule has 1 atom stereocenters. The Labute approximate surface area is 168 Å². The van der Waals surface area contributed by atoms with E-state index in [9.17, 15) is 13.2 Å². The van der Waals surface area contributed by atoms with E-state index in [0.29, 0.717) is 5.56 Å². The number of carbonyl (C=O) groups is 1. The standard InChI is InChI=1S/C20H21N3O3S2/c1-23(2)16-10-8-15(9-11-16)18(28(25,26)19-7-5-13-27-19)14-22-20(24)17-6-3-4-12-21-17/h3-13,18H,14H2,1-2H3,(H,22,24)/t18-/m0/s1. The van der Waals surface area contributed by atoms with Crippen LogP contribution in [-0.4, -0.2) is 39.9 Å². The summed E-state index contributed by atoms with van der Waals surface area (Å²) in [6.07, 6.45) is 1.52. The maximum atomic E-state index is 13.2. The highest BCUT2D eigenvalue weighted by Gasteiger charge is 2.30. The molecule has 3 rings (SSSR count). The van der Waals surface area contributed by atoms with E-state index in [-0.39, 0.29) is 16.4 Å². The molecule has 0 bridgehead atoms. The van der Waals surface area contributed by atoms with Gasteiger partial charge in [-0.1, -0.05) is 24.3 Å². The summed E-state index contributed by atoms with van der Waals surface area (Å²) in [7, 11) is 0.185. The normalized spacial score (nSPS) is 12.4. The second-order valence-corrected chi connectivity index (χ2v) is 9.68. The molecule has 146 valence electrons. The smallest absolute Gasteiger partial charge is 0.269 e. The lowest BCUT2D eigenvalue weighted by atomic mass is 10.1. The molecular weight excluding hydrogens is 394 g/mol. The lowest BCUT2D eigenvalue weighted by Crippen LogP contribution is -2.32. The van der Waals surface area contributed by atoms with Crippen molar-refractivity contribution in [1.82, 2.24) is 10.3 Å². The monoisotopic (exact) mass is 415 g/mol. The Morgan fingerprint density at radius 2 is 1.86 bits per heavy atom. The van der Waals surface area contributed by atoms with Crippen molar-refractivity contribution in [2.75, 3.05) is 25.5 Å². The summed E-state index contributed by atoms with van der Waals surface area (Å²) >= 11 is 1.17. The van der Waals surface area contributed by atoms with Crippen LogP contribution in [0, 0.1) is 0 Å². The molecule has 8 heteroatoms. The number of nitrogens with one attached hydrogen (secondary N) is 1. The molecule has 0 saturated carbocycles. The summed E-state index contributed by atoms with van der Waals surface area (Å²) in [5.74, 6) is -0.406. The van der Waals surface area contributed by atoms with Crippen LogP contribution in [0.1, 0.15) is 21.3 Å². The molecule has 28 heavy (non-hydrogen) atoms. The van der Waals surface area contributed by atoms with Gasteiger partial charge in [0.25, 0.3) is 5.91 Å². The minimum atomic E-state index is -3.65. The molecule has 0 aliphatic rings. The van der Waals surface area contributed by atoms with Crippen LogP contribution in [0.2, 0.25) is 0 Å². The average molecular weight is 416 g/mol. The molecule has 2 aromatic heterocycles. The molecule has 0 unspecified atom stereocenters. The number of hydrogen-bond donors (Lipinski definition) is 1. The zero-order chi connectivity index (χ0) is 20.1. The number of sulfone groups is 1. The number of aromatic nitrogens is 1. The Kier molecular flexibility index (Phi) is 6.11. The van der Waals surface area contributed by atoms with Gasteiger partial charge in [-0.25, -0.2) is 8.42 Å². The molecule has 0 radical (unpaired) electrons. The Balaban J connectivity index is 1.89. The number of carbonyl (C=O) groups excluding carboxylic acids is 1. The van der Waals surface area contributed by atoms with Gasteiger partial charge in [-0.2, -0.15) is 0 Å². The Morgan fingerprint density at radius 1 is 1.11 bits per heavy atom. The second-order valence-electron chi connectivity index (χ2n) is 6.38. The summed E-state index contributed by atoms with van der Waals surface area (Å²) in [6.45, 7) is -0.0447. The van der Waals surface area contributed by atoms with Crippen molar-refractivity contribution in [3.63, 3.8) is 0 Å². The van der Waals surface area contributed by atoms with Gasteiger partial charge in [0.05, 0.1) is 0 Å². The predicted octanol–water partition coefficient (Wildman–Crippen LogP) is 3.15. The van der Waals surface area contributed by atoms with Gasteiger partial charge in [0.15, 0.2) is 9.84 Å². The number of anilines is 1. The number of hydrogen-bond acceptors (Lipinski definition) is 6.